The summed E-state index contributed by atoms with van der Waals surface area (Å²) in [5.41, 5.74) is 10.00. The molecule has 0 spiro atoms. The average molecular weight is 874 g/mol. The molecule has 3 aliphatic rings. The van der Waals surface area contributed by atoms with Crippen LogP contribution < -0.4 is 0 Å². The van der Waals surface area contributed by atoms with Gasteiger partial charge in [0.2, 0.25) is 5.91 Å². The number of nitrogens with one attached hydrogen (secondary N) is 2. The van der Waals surface area contributed by atoms with Gasteiger partial charge in [-0.15, -0.1) is 11.8 Å². The Bertz CT molecular complexity index is 2420. The Labute approximate surface area is 365 Å². The topological polar surface area (TPSA) is 220 Å². The second-order valence-electron chi connectivity index (χ2n) is 16.2. The molecule has 6 N–H and O–H groups in total. The van der Waals surface area contributed by atoms with E-state index >= 15 is 0 Å². The first-order chi connectivity index (χ1) is 29.6. The fraction of sp³-hybridized carbons (Fsp3) is 0.500. The molecule has 6 heterocycles. The molecular weight excluding hydrogens is 815 g/mol. The van der Waals surface area contributed by atoms with Crippen molar-refractivity contribution in [1.82, 2.24) is 24.8 Å². The SMILES string of the molecule is C=CC1=C(C)c2cc3nc(c(CC(=O)N(C)CCCS[C@@H]4O[C@H](CO)[C@@H](O)[C@H](O)[C@H]4O)c4[nH]c(cc5[nH]c(cc1n2)c(C)c5CC)c(C)c4C(=O)OC)[C@@H](CCC(=O)OC)[C@@H]3C. The van der Waals surface area contributed by atoms with Crippen LogP contribution in [-0.2, 0) is 36.6 Å². The predicted molar refractivity (Wildman–Crippen MR) is 238 cm³/mol. The molecule has 0 aliphatic carbocycles. The van der Waals surface area contributed by atoms with Gasteiger partial charge in [0.25, 0.3) is 0 Å². The quantitative estimate of drug-likeness (QED) is 0.0912. The molecule has 3 aliphatic heterocycles. The number of carbonyl (C=O) groups excluding carboxylic acids is 3. The zero-order valence-electron chi connectivity index (χ0n) is 36.7. The number of ether oxygens (including phenoxy) is 3. The molecule has 16 heteroatoms. The standard InChI is InChI=1S/C46H59N5O10S/c1-10-26-22(3)30-18-32-24(5)28(13-14-38(54)59-8)40(49-32)29(17-37(53)51(7)15-12-16-62-46-44(57)43(56)42(55)36(21-52)61-46)41-39(45(58)60-9)25(6)33(50-41)20-35-27(11-2)23(4)31(48-35)19-34(26)47-30/h10,18-20,24,28,36,42-44,46,48,50,52,55-57H,1,11-17,21H2,2-9H3/t24-,28-,36+,42+,43-,44+,46-/m0/s1. The van der Waals surface area contributed by atoms with Crippen LogP contribution in [0.4, 0.5) is 0 Å². The fourth-order valence-corrected chi connectivity index (χ4v) is 9.79. The van der Waals surface area contributed by atoms with Gasteiger partial charge in [0.15, 0.2) is 0 Å². The van der Waals surface area contributed by atoms with Crippen LogP contribution >= 0.6 is 11.8 Å². The van der Waals surface area contributed by atoms with E-state index < -0.39 is 42.4 Å². The van der Waals surface area contributed by atoms with Crippen molar-refractivity contribution in [3.05, 3.63) is 81.4 Å². The summed E-state index contributed by atoms with van der Waals surface area (Å²) in [5.74, 6) is -1.40. The van der Waals surface area contributed by atoms with Crippen molar-refractivity contribution in [3.8, 4) is 0 Å². The van der Waals surface area contributed by atoms with Crippen molar-refractivity contribution in [2.45, 2.75) is 108 Å². The number of thioether (sulfide) groups is 1. The molecule has 8 bridgehead atoms. The Morgan fingerprint density at radius 3 is 2.34 bits per heavy atom. The summed E-state index contributed by atoms with van der Waals surface area (Å²) in [6, 6.07) is 5.96. The number of carbonyl (C=O) groups is 3. The minimum Gasteiger partial charge on any atom is -0.469 e. The Balaban J connectivity index is 1.52. The molecule has 1 fully saturated rings. The van der Waals surface area contributed by atoms with Gasteiger partial charge in [-0.1, -0.05) is 26.5 Å². The third kappa shape index (κ3) is 9.13. The molecule has 1 saturated heterocycles. The molecular formula is C46H59N5O10S. The maximum atomic E-state index is 14.4. The third-order valence-corrected chi connectivity index (χ3v) is 13.8. The molecule has 0 saturated carbocycles. The summed E-state index contributed by atoms with van der Waals surface area (Å²) in [6.45, 7) is 13.9. The molecule has 3 aromatic rings. The minimum atomic E-state index is -1.48. The molecule has 0 unspecified atom stereocenters. The molecule has 62 heavy (non-hydrogen) atoms. The number of aryl methyl sites for hydroxylation is 3. The number of hydrogen-bond donors (Lipinski definition) is 6. The number of esters is 2. The zero-order chi connectivity index (χ0) is 45.2. The zero-order valence-corrected chi connectivity index (χ0v) is 37.5. The average Bonchev–Trinajstić information content (AvgIpc) is 3.95. The van der Waals surface area contributed by atoms with Gasteiger partial charge in [-0.3, -0.25) is 14.6 Å². The number of aromatic nitrogens is 4. The number of aliphatic hydroxyl groups excluding tert-OH is 4. The Morgan fingerprint density at radius 2 is 1.68 bits per heavy atom. The second-order valence-corrected chi connectivity index (χ2v) is 17.4. The van der Waals surface area contributed by atoms with Gasteiger partial charge in [0.05, 0.1) is 55.4 Å². The normalized spacial score (nSPS) is 22.4. The van der Waals surface area contributed by atoms with Gasteiger partial charge < -0.3 is 49.5 Å². The number of fused-ring (bicyclic) bond motifs is 8. The van der Waals surface area contributed by atoms with Crippen LogP contribution in [0.1, 0.15) is 107 Å². The Hall–Kier alpha value is -4.84. The summed E-state index contributed by atoms with van der Waals surface area (Å²) in [7, 11) is 4.35. The van der Waals surface area contributed by atoms with E-state index in [2.05, 4.69) is 30.4 Å². The van der Waals surface area contributed by atoms with E-state index in [-0.39, 0.29) is 42.1 Å². The van der Waals surface area contributed by atoms with E-state index in [4.69, 9.17) is 24.2 Å². The first-order valence-corrected chi connectivity index (χ1v) is 22.0. The number of rotatable bonds is 14. The third-order valence-electron chi connectivity index (χ3n) is 12.5. The first kappa shape index (κ1) is 46.7. The smallest absolute Gasteiger partial charge is 0.340 e. The summed E-state index contributed by atoms with van der Waals surface area (Å²) < 4.78 is 16.1. The number of aromatic amines is 2. The lowest BCUT2D eigenvalue weighted by atomic mass is 9.84. The van der Waals surface area contributed by atoms with Crippen LogP contribution in [0, 0.1) is 13.8 Å². The molecule has 7 atom stereocenters. The highest BCUT2D eigenvalue weighted by Gasteiger charge is 2.43. The molecule has 1 amide bonds. The molecule has 15 nitrogen and oxygen atoms in total. The van der Waals surface area contributed by atoms with E-state index in [9.17, 15) is 34.8 Å². The lowest BCUT2D eigenvalue weighted by molar-refractivity contribution is -0.205. The highest BCUT2D eigenvalue weighted by Crippen LogP contribution is 2.43. The van der Waals surface area contributed by atoms with Crippen molar-refractivity contribution in [2.24, 2.45) is 0 Å². The van der Waals surface area contributed by atoms with Crippen LogP contribution in [0.25, 0.3) is 33.2 Å². The summed E-state index contributed by atoms with van der Waals surface area (Å²) in [6.07, 6.45) is -2.00. The van der Waals surface area contributed by atoms with E-state index in [1.165, 1.54) is 26.0 Å². The van der Waals surface area contributed by atoms with Gasteiger partial charge >= 0.3 is 11.9 Å². The maximum absolute atomic E-state index is 14.4. The first-order valence-electron chi connectivity index (χ1n) is 21.0. The number of H-pyrrole nitrogens is 2. The molecule has 0 radical (unpaired) electrons. The molecule has 6 rings (SSSR count). The van der Waals surface area contributed by atoms with Gasteiger partial charge in [0.1, 0.15) is 29.9 Å². The lowest BCUT2D eigenvalue weighted by Crippen LogP contribution is -2.57. The van der Waals surface area contributed by atoms with Gasteiger partial charge in [-0.2, -0.15) is 0 Å². The second kappa shape index (κ2) is 19.7. The molecule has 334 valence electrons. The van der Waals surface area contributed by atoms with Crippen molar-refractivity contribution in [1.29, 1.82) is 0 Å². The number of methoxy groups -OCH3 is 2. The number of hydrogen-bond acceptors (Lipinski definition) is 13. The number of amides is 1. The highest BCUT2D eigenvalue weighted by molar-refractivity contribution is 7.99. The summed E-state index contributed by atoms with van der Waals surface area (Å²) >= 11 is 1.22. The van der Waals surface area contributed by atoms with Gasteiger partial charge in [0, 0.05) is 65.2 Å². The summed E-state index contributed by atoms with van der Waals surface area (Å²) in [5, 5.41) is 40.5. The highest BCUT2D eigenvalue weighted by atomic mass is 32.2. The Morgan fingerprint density at radius 1 is 0.952 bits per heavy atom. The van der Waals surface area contributed by atoms with Crippen molar-refractivity contribution >= 4 is 62.8 Å². The van der Waals surface area contributed by atoms with Crippen molar-refractivity contribution in [3.63, 3.8) is 0 Å². The van der Waals surface area contributed by atoms with Crippen molar-refractivity contribution in [2.75, 3.05) is 40.2 Å². The van der Waals surface area contributed by atoms with Crippen molar-refractivity contribution < 1.29 is 49.0 Å². The molecule has 0 aromatic carbocycles. The Kier molecular flexibility index (Phi) is 14.8. The van der Waals surface area contributed by atoms with E-state index in [1.54, 1.807) is 11.9 Å². The van der Waals surface area contributed by atoms with E-state index in [0.29, 0.717) is 58.7 Å². The molecule has 3 aromatic heterocycles. The monoisotopic (exact) mass is 873 g/mol. The van der Waals surface area contributed by atoms with Gasteiger partial charge in [-0.05, 0) is 86.2 Å². The number of likely N-dealkylation sites (N-methyl/N-ethyl adjacent to an activating group) is 1. The van der Waals surface area contributed by atoms with Crippen LogP contribution in [0.3, 0.4) is 0 Å². The van der Waals surface area contributed by atoms with Crippen LogP contribution in [0.5, 0.6) is 0 Å². The summed E-state index contributed by atoms with van der Waals surface area (Å²) in [4.78, 5) is 60.0. The largest absolute Gasteiger partial charge is 0.469 e. The van der Waals surface area contributed by atoms with Crippen LogP contribution in [0.2, 0.25) is 0 Å². The van der Waals surface area contributed by atoms with Gasteiger partial charge in [-0.25, -0.2) is 9.78 Å². The fourth-order valence-electron chi connectivity index (χ4n) is 8.68. The lowest BCUT2D eigenvalue weighted by Gasteiger charge is -2.39. The minimum absolute atomic E-state index is 0.0964. The number of nitrogens with zero attached hydrogens (tertiary/aromatic N) is 3. The maximum Gasteiger partial charge on any atom is 0.340 e. The van der Waals surface area contributed by atoms with E-state index in [0.717, 1.165) is 51.1 Å². The number of allylic oxidation sites excluding steroid dienone is 3. The van der Waals surface area contributed by atoms with Crippen LogP contribution in [0.15, 0.2) is 30.9 Å². The number of aliphatic hydroxyl groups is 4. The van der Waals surface area contributed by atoms with E-state index in [1.807, 2.05) is 45.0 Å². The van der Waals surface area contributed by atoms with Crippen LogP contribution in [-0.4, -0.2) is 133 Å². The predicted octanol–water partition coefficient (Wildman–Crippen LogP) is 5.16.